The Bertz CT molecular complexity index is 481. The molecule has 0 spiro atoms. The highest BCUT2D eigenvalue weighted by Gasteiger charge is 2.37. The molecule has 3 N–H and O–H groups in total. The first-order chi connectivity index (χ1) is 10.1. The maximum atomic E-state index is 12.7. The second-order valence-corrected chi connectivity index (χ2v) is 6.59. The zero-order valence-electron chi connectivity index (χ0n) is 12.7. The van der Waals surface area contributed by atoms with Crippen LogP contribution < -0.4 is 11.1 Å². The Morgan fingerprint density at radius 3 is 2.57 bits per heavy atom. The molecule has 1 aliphatic rings. The summed E-state index contributed by atoms with van der Waals surface area (Å²) in [6, 6.07) is 7.58. The Morgan fingerprint density at radius 2 is 2.00 bits per heavy atom. The van der Waals surface area contributed by atoms with Crippen LogP contribution in [0.1, 0.15) is 57.1 Å². The summed E-state index contributed by atoms with van der Waals surface area (Å²) in [5.74, 6) is 0.0966. The minimum Gasteiger partial charge on any atom is -0.349 e. The highest BCUT2D eigenvalue weighted by molar-refractivity contribution is 6.30. The highest BCUT2D eigenvalue weighted by atomic mass is 35.5. The highest BCUT2D eigenvalue weighted by Crippen LogP contribution is 2.35. The van der Waals surface area contributed by atoms with Gasteiger partial charge in [-0.1, -0.05) is 49.4 Å². The van der Waals surface area contributed by atoms with Crippen LogP contribution in [-0.2, 0) is 4.79 Å². The number of nitrogens with two attached hydrogens (primary N) is 1. The topological polar surface area (TPSA) is 55.1 Å². The van der Waals surface area contributed by atoms with E-state index in [4.69, 9.17) is 17.3 Å². The van der Waals surface area contributed by atoms with Gasteiger partial charge < -0.3 is 11.1 Å². The molecule has 1 fully saturated rings. The molecule has 0 aliphatic heterocycles. The molecule has 2 rings (SSSR count). The normalized spacial score (nSPS) is 19.6. The van der Waals surface area contributed by atoms with Gasteiger partial charge in [-0.25, -0.2) is 0 Å². The molecule has 1 aromatic rings. The number of carbonyl (C=O) groups excluding carboxylic acids is 1. The third kappa shape index (κ3) is 3.98. The maximum Gasteiger partial charge on any atom is 0.227 e. The fraction of sp³-hybridized carbons (Fsp3) is 0.588. The lowest BCUT2D eigenvalue weighted by atomic mass is 9.79. The number of rotatable bonds is 4. The lowest BCUT2D eigenvalue weighted by molar-refractivity contribution is -0.132. The molecule has 1 aliphatic carbocycles. The second kappa shape index (κ2) is 7.28. The summed E-state index contributed by atoms with van der Waals surface area (Å²) in [7, 11) is 0. The molecule has 1 saturated carbocycles. The van der Waals surface area contributed by atoms with Gasteiger partial charge in [0.05, 0.1) is 11.5 Å². The number of hydrogen-bond donors (Lipinski definition) is 2. The van der Waals surface area contributed by atoms with Crippen LogP contribution in [0, 0.1) is 5.41 Å². The van der Waals surface area contributed by atoms with E-state index in [1.54, 1.807) is 0 Å². The van der Waals surface area contributed by atoms with Crippen molar-refractivity contribution >= 4 is 17.5 Å². The van der Waals surface area contributed by atoms with E-state index in [1.165, 1.54) is 12.8 Å². The summed E-state index contributed by atoms with van der Waals surface area (Å²) in [5.41, 5.74) is 6.60. The van der Waals surface area contributed by atoms with Gasteiger partial charge in [-0.05, 0) is 37.5 Å². The standard InChI is InChI=1S/C17H25ClN2O/c1-13(14-7-6-8-15(18)11-14)20-16(21)17(12-19)9-4-2-3-5-10-17/h6-8,11,13H,2-5,9-10,12,19H2,1H3,(H,20,21). The Balaban J connectivity index is 2.08. The number of halogens is 1. The van der Waals surface area contributed by atoms with Crippen LogP contribution in [0.5, 0.6) is 0 Å². The van der Waals surface area contributed by atoms with Gasteiger partial charge in [0, 0.05) is 11.6 Å². The Kier molecular flexibility index (Phi) is 5.65. The van der Waals surface area contributed by atoms with E-state index in [1.807, 2.05) is 31.2 Å². The van der Waals surface area contributed by atoms with E-state index in [2.05, 4.69) is 5.32 Å². The summed E-state index contributed by atoms with van der Waals surface area (Å²) >= 11 is 6.02. The quantitative estimate of drug-likeness (QED) is 0.831. The smallest absolute Gasteiger partial charge is 0.227 e. The van der Waals surface area contributed by atoms with Crippen LogP contribution in [0.4, 0.5) is 0 Å². The predicted octanol–water partition coefficient (Wildman–Crippen LogP) is 3.82. The molecular weight excluding hydrogens is 284 g/mol. The Hall–Kier alpha value is -1.06. The van der Waals surface area contributed by atoms with Crippen molar-refractivity contribution in [3.8, 4) is 0 Å². The number of amides is 1. The average molecular weight is 309 g/mol. The summed E-state index contributed by atoms with van der Waals surface area (Å²) in [5, 5.41) is 3.83. The molecule has 1 amide bonds. The number of hydrogen-bond acceptors (Lipinski definition) is 2. The molecule has 0 saturated heterocycles. The van der Waals surface area contributed by atoms with Crippen molar-refractivity contribution < 1.29 is 4.79 Å². The fourth-order valence-electron chi connectivity index (χ4n) is 3.14. The van der Waals surface area contributed by atoms with E-state index in [0.717, 1.165) is 31.2 Å². The molecule has 1 unspecified atom stereocenters. The first-order valence-electron chi connectivity index (χ1n) is 7.84. The van der Waals surface area contributed by atoms with Gasteiger partial charge in [0.1, 0.15) is 0 Å². The Morgan fingerprint density at radius 1 is 1.33 bits per heavy atom. The fourth-order valence-corrected chi connectivity index (χ4v) is 3.34. The molecular formula is C17H25ClN2O. The van der Waals surface area contributed by atoms with E-state index in [-0.39, 0.29) is 17.4 Å². The Labute approximate surface area is 132 Å². The predicted molar refractivity (Wildman–Crippen MR) is 87.2 cm³/mol. The van der Waals surface area contributed by atoms with Crippen molar-refractivity contribution in [1.82, 2.24) is 5.32 Å². The summed E-state index contributed by atoms with van der Waals surface area (Å²) in [6.07, 6.45) is 6.40. The van der Waals surface area contributed by atoms with Crippen molar-refractivity contribution in [2.24, 2.45) is 11.1 Å². The summed E-state index contributed by atoms with van der Waals surface area (Å²) in [6.45, 7) is 2.42. The third-order valence-electron chi connectivity index (χ3n) is 4.63. The van der Waals surface area contributed by atoms with Crippen LogP contribution in [0.3, 0.4) is 0 Å². The van der Waals surface area contributed by atoms with Crippen LogP contribution >= 0.6 is 11.6 Å². The molecule has 0 bridgehead atoms. The molecule has 4 heteroatoms. The van der Waals surface area contributed by atoms with Gasteiger partial charge in [0.15, 0.2) is 0 Å². The molecule has 1 aromatic carbocycles. The minimum absolute atomic E-state index is 0.0529. The first-order valence-corrected chi connectivity index (χ1v) is 8.22. The second-order valence-electron chi connectivity index (χ2n) is 6.15. The molecule has 116 valence electrons. The van der Waals surface area contributed by atoms with Crippen LogP contribution in [0.15, 0.2) is 24.3 Å². The van der Waals surface area contributed by atoms with Crippen molar-refractivity contribution in [2.75, 3.05) is 6.54 Å². The third-order valence-corrected chi connectivity index (χ3v) is 4.86. The molecule has 3 nitrogen and oxygen atoms in total. The van der Waals surface area contributed by atoms with Crippen molar-refractivity contribution in [1.29, 1.82) is 0 Å². The lowest BCUT2D eigenvalue weighted by Crippen LogP contribution is -2.46. The van der Waals surface area contributed by atoms with Crippen LogP contribution in [-0.4, -0.2) is 12.5 Å². The van der Waals surface area contributed by atoms with Gasteiger partial charge in [-0.2, -0.15) is 0 Å². The molecule has 1 atom stereocenters. The van der Waals surface area contributed by atoms with Gasteiger partial charge in [0.25, 0.3) is 0 Å². The van der Waals surface area contributed by atoms with E-state index >= 15 is 0 Å². The SMILES string of the molecule is CC(NC(=O)C1(CN)CCCCCC1)c1cccc(Cl)c1. The van der Waals surface area contributed by atoms with Crippen molar-refractivity contribution in [3.05, 3.63) is 34.9 Å². The lowest BCUT2D eigenvalue weighted by Gasteiger charge is -2.31. The first kappa shape index (κ1) is 16.3. The zero-order valence-corrected chi connectivity index (χ0v) is 13.5. The van der Waals surface area contributed by atoms with Crippen molar-refractivity contribution in [3.63, 3.8) is 0 Å². The van der Waals surface area contributed by atoms with Gasteiger partial charge >= 0.3 is 0 Å². The largest absolute Gasteiger partial charge is 0.349 e. The van der Waals surface area contributed by atoms with E-state index < -0.39 is 0 Å². The van der Waals surface area contributed by atoms with Crippen LogP contribution in [0.2, 0.25) is 5.02 Å². The van der Waals surface area contributed by atoms with Gasteiger partial charge in [0.2, 0.25) is 5.91 Å². The van der Waals surface area contributed by atoms with Crippen LogP contribution in [0.25, 0.3) is 0 Å². The van der Waals surface area contributed by atoms with Gasteiger partial charge in [-0.15, -0.1) is 0 Å². The minimum atomic E-state index is -0.386. The number of nitrogens with one attached hydrogen (secondary N) is 1. The monoisotopic (exact) mass is 308 g/mol. The zero-order chi connectivity index (χ0) is 15.3. The summed E-state index contributed by atoms with van der Waals surface area (Å²) in [4.78, 5) is 12.7. The molecule has 0 heterocycles. The molecule has 21 heavy (non-hydrogen) atoms. The van der Waals surface area contributed by atoms with E-state index in [0.29, 0.717) is 11.6 Å². The number of benzene rings is 1. The van der Waals surface area contributed by atoms with Crippen molar-refractivity contribution in [2.45, 2.75) is 51.5 Å². The van der Waals surface area contributed by atoms with Gasteiger partial charge in [-0.3, -0.25) is 4.79 Å². The van der Waals surface area contributed by atoms with E-state index in [9.17, 15) is 4.79 Å². The molecule has 0 radical (unpaired) electrons. The molecule has 0 aromatic heterocycles. The maximum absolute atomic E-state index is 12.7. The summed E-state index contributed by atoms with van der Waals surface area (Å²) < 4.78 is 0. The average Bonchev–Trinajstić information content (AvgIpc) is 2.73. The number of carbonyl (C=O) groups is 1.